The molecule has 6 nitrogen and oxygen atoms in total. The Morgan fingerprint density at radius 2 is 1.72 bits per heavy atom. The number of carbonyl (C=O) groups is 2. The van der Waals surface area contributed by atoms with Crippen LogP contribution in [-0.2, 0) is 14.8 Å². The van der Waals surface area contributed by atoms with Crippen molar-refractivity contribution in [3.8, 4) is 0 Å². The molecule has 1 aliphatic rings. The number of piperidine rings is 1. The van der Waals surface area contributed by atoms with Gasteiger partial charge in [-0.15, -0.1) is 0 Å². The molecule has 1 amide bonds. The van der Waals surface area contributed by atoms with Gasteiger partial charge in [-0.2, -0.15) is 4.31 Å². The van der Waals surface area contributed by atoms with Crippen LogP contribution in [0.1, 0.15) is 30.1 Å². The van der Waals surface area contributed by atoms with E-state index in [1.807, 2.05) is 0 Å². The van der Waals surface area contributed by atoms with Crippen LogP contribution in [0.2, 0.25) is 0 Å². The van der Waals surface area contributed by atoms with Gasteiger partial charge < -0.3 is 5.32 Å². The maximum atomic E-state index is 13.9. The zero-order valence-corrected chi connectivity index (χ0v) is 18.1. The normalized spacial score (nSPS) is 15.8. The van der Waals surface area contributed by atoms with E-state index >= 15 is 0 Å². The van der Waals surface area contributed by atoms with Crippen LogP contribution in [0.4, 0.5) is 10.1 Å². The first-order valence-corrected chi connectivity index (χ1v) is 11.3. The predicted molar refractivity (Wildman–Crippen MR) is 111 cm³/mol. The average Bonchev–Trinajstić information content (AvgIpc) is 2.70. The molecule has 1 heterocycles. The van der Waals surface area contributed by atoms with Gasteiger partial charge in [-0.05, 0) is 50.1 Å². The Hall–Kier alpha value is -2.10. The highest BCUT2D eigenvalue weighted by Gasteiger charge is 2.32. The van der Waals surface area contributed by atoms with E-state index in [-0.39, 0.29) is 35.4 Å². The summed E-state index contributed by atoms with van der Waals surface area (Å²) in [4.78, 5) is 23.9. The molecule has 0 atom stereocenters. The minimum Gasteiger partial charge on any atom is -0.323 e. The van der Waals surface area contributed by atoms with Gasteiger partial charge in [0.2, 0.25) is 15.9 Å². The Bertz CT molecular complexity index is 1030. The monoisotopic (exact) mass is 482 g/mol. The van der Waals surface area contributed by atoms with Crippen LogP contribution in [0.25, 0.3) is 0 Å². The van der Waals surface area contributed by atoms with Crippen molar-refractivity contribution >= 4 is 43.3 Å². The Kier molecular flexibility index (Phi) is 6.50. The van der Waals surface area contributed by atoms with E-state index in [0.29, 0.717) is 22.9 Å². The summed E-state index contributed by atoms with van der Waals surface area (Å²) in [6.45, 7) is 1.80. The number of hydrogen-bond acceptors (Lipinski definition) is 4. The van der Waals surface area contributed by atoms with E-state index < -0.39 is 21.8 Å². The minimum absolute atomic E-state index is 0.0961. The molecule has 9 heteroatoms. The third-order valence-corrected chi connectivity index (χ3v) is 7.32. The quantitative estimate of drug-likeness (QED) is 0.656. The van der Waals surface area contributed by atoms with Gasteiger partial charge in [0, 0.05) is 29.0 Å². The molecule has 0 bridgehead atoms. The molecule has 0 radical (unpaired) electrons. The third-order valence-electron chi connectivity index (χ3n) is 4.91. The van der Waals surface area contributed by atoms with Gasteiger partial charge in [0.15, 0.2) is 5.78 Å². The minimum atomic E-state index is -3.70. The zero-order chi connectivity index (χ0) is 21.2. The summed E-state index contributed by atoms with van der Waals surface area (Å²) in [5.74, 6) is -1.40. The topological polar surface area (TPSA) is 83.6 Å². The number of anilines is 1. The second kappa shape index (κ2) is 8.73. The van der Waals surface area contributed by atoms with Crippen molar-refractivity contribution in [2.45, 2.75) is 24.7 Å². The second-order valence-electron chi connectivity index (χ2n) is 6.87. The Labute approximate surface area is 177 Å². The molecule has 0 unspecified atom stereocenters. The maximum absolute atomic E-state index is 13.9. The van der Waals surface area contributed by atoms with Crippen molar-refractivity contribution in [1.82, 2.24) is 4.31 Å². The first-order chi connectivity index (χ1) is 13.7. The van der Waals surface area contributed by atoms with Crippen LogP contribution in [-0.4, -0.2) is 37.5 Å². The number of benzene rings is 2. The fourth-order valence-corrected chi connectivity index (χ4v) is 5.00. The van der Waals surface area contributed by atoms with Gasteiger partial charge in [0.05, 0.1) is 10.6 Å². The van der Waals surface area contributed by atoms with Crippen molar-refractivity contribution in [1.29, 1.82) is 0 Å². The Morgan fingerprint density at radius 3 is 2.28 bits per heavy atom. The van der Waals surface area contributed by atoms with E-state index in [9.17, 15) is 22.4 Å². The van der Waals surface area contributed by atoms with Crippen LogP contribution in [0.5, 0.6) is 0 Å². The summed E-state index contributed by atoms with van der Waals surface area (Å²) in [7, 11) is -3.70. The smallest absolute Gasteiger partial charge is 0.243 e. The number of rotatable bonds is 5. The highest BCUT2D eigenvalue weighted by molar-refractivity contribution is 9.10. The van der Waals surface area contributed by atoms with Gasteiger partial charge in [-0.3, -0.25) is 9.59 Å². The Morgan fingerprint density at radius 1 is 1.10 bits per heavy atom. The number of Topliss-reactive ketones (excluding diaryl/α,β-unsaturated/α-hetero) is 1. The lowest BCUT2D eigenvalue weighted by molar-refractivity contribution is -0.120. The van der Waals surface area contributed by atoms with Crippen LogP contribution in [0, 0.1) is 11.7 Å². The molecule has 1 fully saturated rings. The SMILES string of the molecule is CC(=O)c1ccc(S(=O)(=O)N2CCC(C(=O)Nc3ccc(Br)cc3F)CC2)cc1. The summed E-state index contributed by atoms with van der Waals surface area (Å²) >= 11 is 3.16. The van der Waals surface area contributed by atoms with E-state index in [1.165, 1.54) is 47.6 Å². The van der Waals surface area contributed by atoms with Crippen LogP contribution in [0.3, 0.4) is 0 Å². The predicted octanol–water partition coefficient (Wildman–Crippen LogP) is 3.83. The number of sulfonamides is 1. The molecule has 2 aromatic rings. The molecular weight excluding hydrogens is 463 g/mol. The molecule has 0 aromatic heterocycles. The second-order valence-corrected chi connectivity index (χ2v) is 9.73. The highest BCUT2D eigenvalue weighted by Crippen LogP contribution is 2.26. The lowest BCUT2D eigenvalue weighted by atomic mass is 9.97. The van der Waals surface area contributed by atoms with Crippen molar-refractivity contribution in [2.75, 3.05) is 18.4 Å². The number of hydrogen-bond donors (Lipinski definition) is 1. The molecule has 1 saturated heterocycles. The molecular formula is C20H20BrFN2O4S. The number of carbonyl (C=O) groups excluding carboxylic acids is 2. The molecule has 2 aromatic carbocycles. The van der Waals surface area contributed by atoms with E-state index in [2.05, 4.69) is 21.2 Å². The molecule has 3 rings (SSSR count). The largest absolute Gasteiger partial charge is 0.323 e. The lowest BCUT2D eigenvalue weighted by Crippen LogP contribution is -2.41. The van der Waals surface area contributed by atoms with Crippen LogP contribution in [0.15, 0.2) is 51.8 Å². The van der Waals surface area contributed by atoms with Gasteiger partial charge >= 0.3 is 0 Å². The van der Waals surface area contributed by atoms with Crippen molar-refractivity contribution in [3.63, 3.8) is 0 Å². The van der Waals surface area contributed by atoms with Gasteiger partial charge in [0.1, 0.15) is 5.82 Å². The van der Waals surface area contributed by atoms with Crippen molar-refractivity contribution in [2.24, 2.45) is 5.92 Å². The van der Waals surface area contributed by atoms with Gasteiger partial charge in [0.25, 0.3) is 0 Å². The Balaban J connectivity index is 1.63. The van der Waals surface area contributed by atoms with E-state index in [4.69, 9.17) is 0 Å². The van der Waals surface area contributed by atoms with E-state index in [1.54, 1.807) is 6.07 Å². The fraction of sp³-hybridized carbons (Fsp3) is 0.300. The highest BCUT2D eigenvalue weighted by atomic mass is 79.9. The fourth-order valence-electron chi connectivity index (χ4n) is 3.19. The number of ketones is 1. The molecule has 1 N–H and O–H groups in total. The maximum Gasteiger partial charge on any atom is 0.243 e. The summed E-state index contributed by atoms with van der Waals surface area (Å²) in [6, 6.07) is 10.2. The zero-order valence-electron chi connectivity index (χ0n) is 15.7. The number of nitrogens with one attached hydrogen (secondary N) is 1. The number of halogens is 2. The standard InChI is InChI=1S/C20H20BrFN2O4S/c1-13(25)14-2-5-17(6-3-14)29(27,28)24-10-8-15(9-11-24)20(26)23-19-7-4-16(21)12-18(19)22/h2-7,12,15H,8-11H2,1H3,(H,23,26). The summed E-state index contributed by atoms with van der Waals surface area (Å²) in [5.41, 5.74) is 0.540. The summed E-state index contributed by atoms with van der Waals surface area (Å²) < 4.78 is 41.4. The molecule has 1 aliphatic heterocycles. The summed E-state index contributed by atoms with van der Waals surface area (Å²) in [6.07, 6.45) is 0.684. The number of nitrogens with zero attached hydrogens (tertiary/aromatic N) is 1. The first-order valence-electron chi connectivity index (χ1n) is 9.05. The van der Waals surface area contributed by atoms with E-state index in [0.717, 1.165) is 0 Å². The van der Waals surface area contributed by atoms with Crippen molar-refractivity contribution < 1.29 is 22.4 Å². The first kappa shape index (κ1) is 21.6. The van der Waals surface area contributed by atoms with Crippen molar-refractivity contribution in [3.05, 3.63) is 58.3 Å². The molecule has 154 valence electrons. The lowest BCUT2D eigenvalue weighted by Gasteiger charge is -2.30. The molecule has 0 saturated carbocycles. The molecule has 0 spiro atoms. The third kappa shape index (κ3) is 4.91. The molecule has 29 heavy (non-hydrogen) atoms. The van der Waals surface area contributed by atoms with Gasteiger partial charge in [-0.25, -0.2) is 12.8 Å². The van der Waals surface area contributed by atoms with Gasteiger partial charge in [-0.1, -0.05) is 28.1 Å². The van der Waals surface area contributed by atoms with Crippen LogP contribution < -0.4 is 5.32 Å². The molecule has 0 aliphatic carbocycles. The average molecular weight is 483 g/mol. The summed E-state index contributed by atoms with van der Waals surface area (Å²) in [5, 5.41) is 2.57. The number of amides is 1. The van der Waals surface area contributed by atoms with Crippen LogP contribution >= 0.6 is 15.9 Å².